The van der Waals surface area contributed by atoms with Crippen LogP contribution in [-0.2, 0) is 10.1 Å². The Morgan fingerprint density at radius 3 is 1.92 bits per heavy atom. The first-order valence-corrected chi connectivity index (χ1v) is 4.22. The van der Waals surface area contributed by atoms with Crippen molar-refractivity contribution in [3.05, 3.63) is 0 Å². The summed E-state index contributed by atoms with van der Waals surface area (Å²) in [5.41, 5.74) is 0. The monoisotopic (exact) mass is 214 g/mol. The van der Waals surface area contributed by atoms with Crippen LogP contribution in [0.2, 0.25) is 0 Å². The molecule has 0 spiro atoms. The maximum absolute atomic E-state index is 12.1. The molecule has 3 nitrogen and oxygen atoms in total. The van der Waals surface area contributed by atoms with Crippen LogP contribution < -0.4 is 29.6 Å². The Kier molecular flexibility index (Phi) is 7.84. The molecule has 0 saturated carbocycles. The predicted octanol–water partition coefficient (Wildman–Crippen LogP) is -2.82. The molecule has 0 aliphatic rings. The van der Waals surface area contributed by atoms with E-state index in [2.05, 4.69) is 0 Å². The van der Waals surface area contributed by atoms with E-state index in [1.54, 1.807) is 0 Å². The van der Waals surface area contributed by atoms with E-state index in [1.807, 2.05) is 0 Å². The van der Waals surface area contributed by atoms with Gasteiger partial charge < -0.3 is 4.55 Å². The van der Waals surface area contributed by atoms with Gasteiger partial charge in [-0.1, -0.05) is 0 Å². The Hall–Kier alpha value is 0.700. The number of rotatable bonds is 4. The molecule has 12 heavy (non-hydrogen) atoms. The average molecular weight is 214 g/mol. The Bertz CT molecular complexity index is 208. The zero-order valence-electron chi connectivity index (χ0n) is 6.34. The van der Waals surface area contributed by atoms with E-state index in [9.17, 15) is 26.1 Å². The molecule has 0 aromatic heterocycles. The molecule has 0 bridgehead atoms. The van der Waals surface area contributed by atoms with E-state index >= 15 is 0 Å². The summed E-state index contributed by atoms with van der Waals surface area (Å²) in [5, 5.41) is 0. The third kappa shape index (κ3) is 7.35. The van der Waals surface area contributed by atoms with Gasteiger partial charge in [-0.2, -0.15) is 0 Å². The molecule has 0 N–H and O–H groups in total. The Balaban J connectivity index is 0. The van der Waals surface area contributed by atoms with E-state index < -0.39 is 34.9 Å². The Morgan fingerprint density at radius 1 is 1.25 bits per heavy atom. The predicted molar refractivity (Wildman–Crippen MR) is 30.3 cm³/mol. The third-order valence-corrected chi connectivity index (χ3v) is 1.63. The number of halogens is 3. The molecule has 0 aromatic carbocycles. The molecule has 0 aliphatic carbocycles. The molecular weight excluding hydrogens is 208 g/mol. The van der Waals surface area contributed by atoms with Crippen molar-refractivity contribution in [2.75, 3.05) is 12.4 Å². The van der Waals surface area contributed by atoms with Crippen molar-refractivity contribution in [2.45, 2.75) is 12.3 Å². The van der Waals surface area contributed by atoms with Crippen LogP contribution in [0.25, 0.3) is 0 Å². The van der Waals surface area contributed by atoms with Crippen LogP contribution in [0.15, 0.2) is 0 Å². The van der Waals surface area contributed by atoms with E-state index in [4.69, 9.17) is 0 Å². The van der Waals surface area contributed by atoms with Crippen molar-refractivity contribution in [2.24, 2.45) is 0 Å². The number of hydrogen-bond donors (Lipinski definition) is 0. The number of alkyl halides is 3. The van der Waals surface area contributed by atoms with Gasteiger partial charge in [-0.15, -0.1) is 0 Å². The summed E-state index contributed by atoms with van der Waals surface area (Å²) in [6.45, 7) is -1.63. The minimum Gasteiger partial charge on any atom is -0.748 e. The average Bonchev–Trinajstić information content (AvgIpc) is 1.82. The largest absolute Gasteiger partial charge is 1.00 e. The van der Waals surface area contributed by atoms with Gasteiger partial charge >= 0.3 is 29.6 Å². The van der Waals surface area contributed by atoms with Gasteiger partial charge in [0.25, 0.3) is 0 Å². The minimum atomic E-state index is -4.81. The standard InChI is InChI=1S/C4H7F3O3S.Na/c5-1-3(6)4(7)2-11(8,9)10;/h3-4H,1-2H2,(H,8,9,10);/q;+1/p-1. The molecule has 0 radical (unpaired) electrons. The normalized spacial score (nSPS) is 16.3. The van der Waals surface area contributed by atoms with Gasteiger partial charge in [-0.05, 0) is 0 Å². The molecule has 0 heterocycles. The van der Waals surface area contributed by atoms with E-state index in [-0.39, 0.29) is 29.6 Å². The maximum Gasteiger partial charge on any atom is 1.00 e. The molecule has 0 aliphatic heterocycles. The minimum absolute atomic E-state index is 0. The molecule has 0 rings (SSSR count). The summed E-state index contributed by atoms with van der Waals surface area (Å²) < 4.78 is 64.6. The fourth-order valence-electron chi connectivity index (χ4n) is 0.396. The summed E-state index contributed by atoms with van der Waals surface area (Å²) in [7, 11) is -4.81. The van der Waals surface area contributed by atoms with Crippen LogP contribution in [0.4, 0.5) is 13.2 Å². The molecule has 8 heteroatoms. The quantitative estimate of drug-likeness (QED) is 0.374. The van der Waals surface area contributed by atoms with Crippen LogP contribution in [0, 0.1) is 0 Å². The second-order valence-electron chi connectivity index (χ2n) is 1.91. The zero-order chi connectivity index (χ0) is 9.07. The third-order valence-electron chi connectivity index (χ3n) is 0.903. The van der Waals surface area contributed by atoms with Gasteiger partial charge in [-0.3, -0.25) is 0 Å². The fourth-order valence-corrected chi connectivity index (χ4v) is 0.995. The molecule has 2 unspecified atom stereocenters. The van der Waals surface area contributed by atoms with Crippen molar-refractivity contribution in [3.8, 4) is 0 Å². The van der Waals surface area contributed by atoms with Crippen molar-refractivity contribution >= 4 is 10.1 Å². The van der Waals surface area contributed by atoms with E-state index in [1.165, 1.54) is 0 Å². The summed E-state index contributed by atoms with van der Waals surface area (Å²) >= 11 is 0. The first-order chi connectivity index (χ1) is 4.87. The summed E-state index contributed by atoms with van der Waals surface area (Å²) in [6.07, 6.45) is -5.10. The molecule has 68 valence electrons. The van der Waals surface area contributed by atoms with Crippen molar-refractivity contribution in [3.63, 3.8) is 0 Å². The van der Waals surface area contributed by atoms with Gasteiger partial charge in [0, 0.05) is 0 Å². The van der Waals surface area contributed by atoms with Crippen LogP contribution in [0.5, 0.6) is 0 Å². The Labute approximate surface area is 90.4 Å². The fraction of sp³-hybridized carbons (Fsp3) is 1.00. The Morgan fingerprint density at radius 2 is 1.67 bits per heavy atom. The topological polar surface area (TPSA) is 57.2 Å². The van der Waals surface area contributed by atoms with Gasteiger partial charge in [-0.25, -0.2) is 21.6 Å². The van der Waals surface area contributed by atoms with Crippen molar-refractivity contribution < 1.29 is 55.7 Å². The first-order valence-electron chi connectivity index (χ1n) is 2.64. The summed E-state index contributed by atoms with van der Waals surface area (Å²) in [5.74, 6) is -1.52. The maximum atomic E-state index is 12.1. The second kappa shape index (κ2) is 6.20. The van der Waals surface area contributed by atoms with E-state index in [0.717, 1.165) is 0 Å². The van der Waals surface area contributed by atoms with Crippen LogP contribution >= 0.6 is 0 Å². The van der Waals surface area contributed by atoms with Crippen LogP contribution in [-0.4, -0.2) is 37.7 Å². The summed E-state index contributed by atoms with van der Waals surface area (Å²) in [6, 6.07) is 0. The molecule has 0 aromatic rings. The van der Waals surface area contributed by atoms with Gasteiger partial charge in [0.15, 0.2) is 6.17 Å². The molecule has 0 fully saturated rings. The van der Waals surface area contributed by atoms with Gasteiger partial charge in [0.1, 0.15) is 12.8 Å². The summed E-state index contributed by atoms with van der Waals surface area (Å²) in [4.78, 5) is 0. The van der Waals surface area contributed by atoms with Gasteiger partial charge in [0.2, 0.25) is 0 Å². The smallest absolute Gasteiger partial charge is 0.748 e. The molecule has 0 saturated heterocycles. The van der Waals surface area contributed by atoms with Crippen molar-refractivity contribution in [1.29, 1.82) is 0 Å². The first kappa shape index (κ1) is 15.2. The van der Waals surface area contributed by atoms with E-state index in [0.29, 0.717) is 0 Å². The SMILES string of the molecule is O=S(=O)([O-])CC(F)C(F)CF.[Na+]. The van der Waals surface area contributed by atoms with Crippen molar-refractivity contribution in [1.82, 2.24) is 0 Å². The van der Waals surface area contributed by atoms with Crippen LogP contribution in [0.1, 0.15) is 0 Å². The molecule has 0 amide bonds. The van der Waals surface area contributed by atoms with Gasteiger partial charge in [0.05, 0.1) is 15.9 Å². The molecular formula is C4H6F3NaO3S. The molecule has 2 atom stereocenters. The van der Waals surface area contributed by atoms with Crippen LogP contribution in [0.3, 0.4) is 0 Å². The zero-order valence-corrected chi connectivity index (χ0v) is 9.15. The second-order valence-corrected chi connectivity index (χ2v) is 3.36. The number of hydrogen-bond acceptors (Lipinski definition) is 3.